The number of hydrogen-bond donors (Lipinski definition) is 1. The zero-order chi connectivity index (χ0) is 20.2. The SMILES string of the molecule is CCC(N)C1CCC(c2ccc(-c3ccc(-c4ccc(F)cc4)cc3)cc2)OC1. The van der Waals surface area contributed by atoms with Gasteiger partial charge in [-0.2, -0.15) is 0 Å². The predicted octanol–water partition coefficient (Wildman–Crippen LogP) is 6.36. The maximum atomic E-state index is 13.1. The van der Waals surface area contributed by atoms with E-state index in [4.69, 9.17) is 10.5 Å². The Morgan fingerprint density at radius 2 is 1.31 bits per heavy atom. The van der Waals surface area contributed by atoms with E-state index in [1.165, 1.54) is 28.8 Å². The highest BCUT2D eigenvalue weighted by atomic mass is 19.1. The molecule has 3 atom stereocenters. The first kappa shape index (κ1) is 19.8. The number of hydrogen-bond acceptors (Lipinski definition) is 2. The number of ether oxygens (including phenoxy) is 1. The Bertz CT molecular complexity index is 910. The smallest absolute Gasteiger partial charge is 0.123 e. The number of halogens is 1. The highest BCUT2D eigenvalue weighted by Crippen LogP contribution is 2.33. The zero-order valence-corrected chi connectivity index (χ0v) is 16.9. The Morgan fingerprint density at radius 1 is 0.828 bits per heavy atom. The third-order valence-corrected chi connectivity index (χ3v) is 6.07. The van der Waals surface area contributed by atoms with Crippen LogP contribution in [0.3, 0.4) is 0 Å². The molecule has 0 spiro atoms. The summed E-state index contributed by atoms with van der Waals surface area (Å²) in [4.78, 5) is 0. The lowest BCUT2D eigenvalue weighted by Crippen LogP contribution is -2.35. The molecule has 1 aliphatic heterocycles. The Hall–Kier alpha value is -2.49. The van der Waals surface area contributed by atoms with Gasteiger partial charge >= 0.3 is 0 Å². The molecule has 4 rings (SSSR count). The summed E-state index contributed by atoms with van der Waals surface area (Å²) in [6.07, 6.45) is 3.34. The molecule has 1 aliphatic rings. The summed E-state index contributed by atoms with van der Waals surface area (Å²) < 4.78 is 19.2. The predicted molar refractivity (Wildman–Crippen MR) is 117 cm³/mol. The second-order valence-electron chi connectivity index (χ2n) is 7.94. The van der Waals surface area contributed by atoms with E-state index in [2.05, 4.69) is 55.5 Å². The second kappa shape index (κ2) is 8.89. The van der Waals surface area contributed by atoms with Crippen LogP contribution in [-0.2, 0) is 4.74 Å². The van der Waals surface area contributed by atoms with Gasteiger partial charge in [-0.3, -0.25) is 0 Å². The van der Waals surface area contributed by atoms with Gasteiger partial charge in [0.05, 0.1) is 12.7 Å². The van der Waals surface area contributed by atoms with E-state index in [-0.39, 0.29) is 18.0 Å². The molecule has 0 aliphatic carbocycles. The van der Waals surface area contributed by atoms with Crippen LogP contribution >= 0.6 is 0 Å². The molecule has 2 N–H and O–H groups in total. The minimum atomic E-state index is -0.212. The lowest BCUT2D eigenvalue weighted by Gasteiger charge is -2.32. The van der Waals surface area contributed by atoms with E-state index < -0.39 is 0 Å². The Labute approximate surface area is 172 Å². The largest absolute Gasteiger partial charge is 0.373 e. The summed E-state index contributed by atoms with van der Waals surface area (Å²) in [6.45, 7) is 2.90. The molecular weight excluding hydrogens is 361 g/mol. The van der Waals surface area contributed by atoms with Crippen LogP contribution in [-0.4, -0.2) is 12.6 Å². The molecule has 0 amide bonds. The molecule has 150 valence electrons. The first-order valence-electron chi connectivity index (χ1n) is 10.5. The summed E-state index contributed by atoms with van der Waals surface area (Å²) in [5, 5.41) is 0. The highest BCUT2D eigenvalue weighted by Gasteiger charge is 2.26. The fraction of sp³-hybridized carbons (Fsp3) is 0.308. The Kier molecular flexibility index (Phi) is 6.08. The van der Waals surface area contributed by atoms with Crippen LogP contribution in [0.4, 0.5) is 4.39 Å². The van der Waals surface area contributed by atoms with Gasteiger partial charge in [-0.05, 0) is 65.1 Å². The summed E-state index contributed by atoms with van der Waals surface area (Å²) in [6, 6.07) is 23.9. The lowest BCUT2D eigenvalue weighted by atomic mass is 9.88. The van der Waals surface area contributed by atoms with E-state index >= 15 is 0 Å². The van der Waals surface area contributed by atoms with Crippen molar-refractivity contribution in [1.82, 2.24) is 0 Å². The Morgan fingerprint density at radius 3 is 1.76 bits per heavy atom. The first-order chi connectivity index (χ1) is 14.1. The summed E-state index contributed by atoms with van der Waals surface area (Å²) >= 11 is 0. The lowest BCUT2D eigenvalue weighted by molar-refractivity contribution is -0.0240. The van der Waals surface area contributed by atoms with Gasteiger partial charge in [0.1, 0.15) is 5.82 Å². The normalized spacial score (nSPS) is 20.4. The van der Waals surface area contributed by atoms with E-state index in [9.17, 15) is 4.39 Å². The molecule has 2 nitrogen and oxygen atoms in total. The van der Waals surface area contributed by atoms with Crippen LogP contribution in [0.5, 0.6) is 0 Å². The molecule has 1 fully saturated rings. The summed E-state index contributed by atoms with van der Waals surface area (Å²) in [5.41, 5.74) is 11.9. The topological polar surface area (TPSA) is 35.2 Å². The number of nitrogens with two attached hydrogens (primary N) is 1. The molecule has 3 aromatic carbocycles. The van der Waals surface area contributed by atoms with Crippen molar-refractivity contribution in [2.75, 3.05) is 6.61 Å². The third-order valence-electron chi connectivity index (χ3n) is 6.07. The molecule has 3 aromatic rings. The van der Waals surface area contributed by atoms with Gasteiger partial charge in [0.15, 0.2) is 0 Å². The second-order valence-corrected chi connectivity index (χ2v) is 7.94. The highest BCUT2D eigenvalue weighted by molar-refractivity contribution is 5.70. The molecule has 0 radical (unpaired) electrons. The average Bonchev–Trinajstić information content (AvgIpc) is 2.79. The van der Waals surface area contributed by atoms with Crippen molar-refractivity contribution in [3.05, 3.63) is 84.2 Å². The van der Waals surface area contributed by atoms with E-state index in [1.54, 1.807) is 12.1 Å². The van der Waals surface area contributed by atoms with Gasteiger partial charge < -0.3 is 10.5 Å². The molecule has 1 heterocycles. The van der Waals surface area contributed by atoms with E-state index in [0.29, 0.717) is 5.92 Å². The van der Waals surface area contributed by atoms with E-state index in [0.717, 1.165) is 37.0 Å². The third kappa shape index (κ3) is 4.58. The van der Waals surface area contributed by atoms with E-state index in [1.807, 2.05) is 0 Å². The van der Waals surface area contributed by atoms with Gasteiger partial charge in [-0.15, -0.1) is 0 Å². The molecule has 3 heteroatoms. The fourth-order valence-corrected chi connectivity index (χ4v) is 4.09. The van der Waals surface area contributed by atoms with Crippen molar-refractivity contribution in [3.8, 4) is 22.3 Å². The quantitative estimate of drug-likeness (QED) is 0.551. The number of rotatable bonds is 5. The zero-order valence-electron chi connectivity index (χ0n) is 16.9. The van der Waals surface area contributed by atoms with Gasteiger partial charge in [0.2, 0.25) is 0 Å². The van der Waals surface area contributed by atoms with Crippen LogP contribution < -0.4 is 5.73 Å². The van der Waals surface area contributed by atoms with Crippen molar-refractivity contribution >= 4 is 0 Å². The summed E-state index contributed by atoms with van der Waals surface area (Å²) in [5.74, 6) is 0.270. The van der Waals surface area contributed by atoms with Crippen molar-refractivity contribution in [2.24, 2.45) is 11.7 Å². The first-order valence-corrected chi connectivity index (χ1v) is 10.5. The van der Waals surface area contributed by atoms with Gasteiger partial charge in [0.25, 0.3) is 0 Å². The van der Waals surface area contributed by atoms with Crippen LogP contribution in [0.25, 0.3) is 22.3 Å². The molecule has 0 saturated carbocycles. The molecule has 29 heavy (non-hydrogen) atoms. The standard InChI is InChI=1S/C26H28FNO/c1-2-25(28)23-13-16-26(29-17-23)22-9-7-20(8-10-22)18-3-5-19(6-4-18)21-11-14-24(27)15-12-21/h3-12,14-15,23,25-26H,2,13,16-17,28H2,1H3. The molecule has 0 aromatic heterocycles. The van der Waals surface area contributed by atoms with Gasteiger partial charge in [-0.25, -0.2) is 4.39 Å². The van der Waals surface area contributed by atoms with Crippen molar-refractivity contribution in [3.63, 3.8) is 0 Å². The Balaban J connectivity index is 1.42. The van der Waals surface area contributed by atoms with Crippen LogP contribution in [0, 0.1) is 11.7 Å². The van der Waals surface area contributed by atoms with Gasteiger partial charge in [0, 0.05) is 6.04 Å². The summed E-state index contributed by atoms with van der Waals surface area (Å²) in [7, 11) is 0. The fourth-order valence-electron chi connectivity index (χ4n) is 4.09. The van der Waals surface area contributed by atoms with Crippen molar-refractivity contribution in [1.29, 1.82) is 0 Å². The number of benzene rings is 3. The molecule has 1 saturated heterocycles. The van der Waals surface area contributed by atoms with Crippen LogP contribution in [0.2, 0.25) is 0 Å². The minimum Gasteiger partial charge on any atom is -0.373 e. The molecule has 3 unspecified atom stereocenters. The molecule has 0 bridgehead atoms. The van der Waals surface area contributed by atoms with Crippen LogP contribution in [0.1, 0.15) is 37.9 Å². The van der Waals surface area contributed by atoms with Gasteiger partial charge in [-0.1, -0.05) is 67.6 Å². The monoisotopic (exact) mass is 389 g/mol. The van der Waals surface area contributed by atoms with Crippen LogP contribution in [0.15, 0.2) is 72.8 Å². The maximum absolute atomic E-state index is 13.1. The maximum Gasteiger partial charge on any atom is 0.123 e. The minimum absolute atomic E-state index is 0.171. The van der Waals surface area contributed by atoms with Crippen molar-refractivity contribution < 1.29 is 9.13 Å². The van der Waals surface area contributed by atoms with Crippen molar-refractivity contribution in [2.45, 2.75) is 38.3 Å². The average molecular weight is 390 g/mol. The molecular formula is C26H28FNO.